The zero-order valence-electron chi connectivity index (χ0n) is 7.08. The Morgan fingerprint density at radius 1 is 1.77 bits per heavy atom. The van der Waals surface area contributed by atoms with Gasteiger partial charge in [0.25, 0.3) is 5.91 Å². The maximum absolute atomic E-state index is 11.2. The van der Waals surface area contributed by atoms with Crippen LogP contribution < -0.4 is 5.32 Å². The minimum Gasteiger partial charge on any atom is -0.440 e. The second kappa shape index (κ2) is 4.30. The number of amides is 1. The average molecular weight is 204 g/mol. The second-order valence-electron chi connectivity index (χ2n) is 2.66. The first kappa shape index (κ1) is 10.1. The van der Waals surface area contributed by atoms with Gasteiger partial charge in [0.05, 0.1) is 6.10 Å². The average Bonchev–Trinajstić information content (AvgIpc) is 2.47. The third-order valence-electron chi connectivity index (χ3n) is 1.36. The van der Waals surface area contributed by atoms with E-state index in [0.717, 1.165) is 0 Å². The predicted molar refractivity (Wildman–Crippen MR) is 47.7 cm³/mol. The topological polar surface area (TPSA) is 62.5 Å². The van der Waals surface area contributed by atoms with Crippen LogP contribution >= 0.6 is 11.6 Å². The van der Waals surface area contributed by atoms with Crippen molar-refractivity contribution in [1.82, 2.24) is 5.32 Å². The quantitative estimate of drug-likeness (QED) is 0.772. The van der Waals surface area contributed by atoms with E-state index in [4.69, 9.17) is 21.1 Å². The zero-order valence-corrected chi connectivity index (χ0v) is 7.84. The van der Waals surface area contributed by atoms with E-state index < -0.39 is 6.10 Å². The van der Waals surface area contributed by atoms with Crippen LogP contribution in [0.3, 0.4) is 0 Å². The lowest BCUT2D eigenvalue weighted by molar-refractivity contribution is 0.0896. The number of nitrogens with one attached hydrogen (secondary N) is 1. The lowest BCUT2D eigenvalue weighted by Crippen LogP contribution is -2.30. The van der Waals surface area contributed by atoms with Gasteiger partial charge in [-0.15, -0.1) is 0 Å². The number of halogens is 1. The number of rotatable bonds is 3. The summed E-state index contributed by atoms with van der Waals surface area (Å²) in [5, 5.41) is 11.5. The highest BCUT2D eigenvalue weighted by atomic mass is 35.5. The molecule has 0 aliphatic rings. The Balaban J connectivity index is 2.49. The zero-order chi connectivity index (χ0) is 9.84. The van der Waals surface area contributed by atoms with E-state index in [-0.39, 0.29) is 23.4 Å². The molecule has 1 amide bonds. The van der Waals surface area contributed by atoms with Gasteiger partial charge in [-0.05, 0) is 30.7 Å². The summed E-state index contributed by atoms with van der Waals surface area (Å²) < 4.78 is 4.85. The largest absolute Gasteiger partial charge is 0.440 e. The Kier molecular flexibility index (Phi) is 3.33. The minimum absolute atomic E-state index is 0.144. The van der Waals surface area contributed by atoms with Crippen LogP contribution in [0.15, 0.2) is 16.5 Å². The highest BCUT2D eigenvalue weighted by Crippen LogP contribution is 2.12. The number of carbonyl (C=O) groups excluding carboxylic acids is 1. The standard InChI is InChI=1S/C8H10ClNO3/c1-5(11)4-10-8(12)6-2-3-7(9)13-6/h2-3,5,11H,4H2,1H3,(H,10,12)/t5-/m1/s1. The van der Waals surface area contributed by atoms with Gasteiger partial charge in [-0.3, -0.25) is 4.79 Å². The molecule has 0 aliphatic carbocycles. The van der Waals surface area contributed by atoms with Crippen molar-refractivity contribution in [2.24, 2.45) is 0 Å². The molecule has 0 saturated carbocycles. The fourth-order valence-corrected chi connectivity index (χ4v) is 0.910. The third-order valence-corrected chi connectivity index (χ3v) is 1.56. The molecule has 1 aromatic rings. The number of aliphatic hydroxyl groups is 1. The van der Waals surface area contributed by atoms with Crippen LogP contribution in [0.4, 0.5) is 0 Å². The molecule has 0 aromatic carbocycles. The second-order valence-corrected chi connectivity index (χ2v) is 3.04. The summed E-state index contributed by atoms with van der Waals surface area (Å²) in [5.74, 6) is -0.238. The maximum Gasteiger partial charge on any atom is 0.287 e. The van der Waals surface area contributed by atoms with Crippen LogP contribution in [0, 0.1) is 0 Å². The van der Waals surface area contributed by atoms with Crippen LogP contribution in [0.5, 0.6) is 0 Å². The Morgan fingerprint density at radius 3 is 2.92 bits per heavy atom. The molecule has 0 radical (unpaired) electrons. The summed E-state index contributed by atoms with van der Waals surface area (Å²) in [4.78, 5) is 11.2. The van der Waals surface area contributed by atoms with Crippen LogP contribution in [0.2, 0.25) is 5.22 Å². The number of hydrogen-bond donors (Lipinski definition) is 2. The fourth-order valence-electron chi connectivity index (χ4n) is 0.764. The van der Waals surface area contributed by atoms with Crippen molar-refractivity contribution in [3.05, 3.63) is 23.1 Å². The molecule has 0 spiro atoms. The number of aliphatic hydroxyl groups excluding tert-OH is 1. The van der Waals surface area contributed by atoms with Gasteiger partial charge in [0, 0.05) is 6.54 Å². The highest BCUT2D eigenvalue weighted by molar-refractivity contribution is 6.29. The van der Waals surface area contributed by atoms with E-state index in [1.807, 2.05) is 0 Å². The van der Waals surface area contributed by atoms with Crippen molar-refractivity contribution in [3.63, 3.8) is 0 Å². The summed E-state index contributed by atoms with van der Waals surface area (Å²) in [6.07, 6.45) is -0.575. The van der Waals surface area contributed by atoms with E-state index in [2.05, 4.69) is 5.32 Å². The molecule has 0 fully saturated rings. The van der Waals surface area contributed by atoms with Crippen molar-refractivity contribution in [1.29, 1.82) is 0 Å². The van der Waals surface area contributed by atoms with Gasteiger partial charge < -0.3 is 14.8 Å². The Morgan fingerprint density at radius 2 is 2.46 bits per heavy atom. The molecule has 0 saturated heterocycles. The summed E-state index contributed by atoms with van der Waals surface area (Å²) >= 11 is 5.47. The van der Waals surface area contributed by atoms with Gasteiger partial charge >= 0.3 is 0 Å². The molecule has 0 bridgehead atoms. The molecule has 1 aromatic heterocycles. The number of hydrogen-bond acceptors (Lipinski definition) is 3. The van der Waals surface area contributed by atoms with E-state index >= 15 is 0 Å². The Labute approximate surface area is 80.5 Å². The number of furan rings is 1. The van der Waals surface area contributed by atoms with Gasteiger partial charge in [0.1, 0.15) is 0 Å². The summed E-state index contributed by atoms with van der Waals surface area (Å²) in [7, 11) is 0. The molecule has 1 heterocycles. The van der Waals surface area contributed by atoms with E-state index in [1.54, 1.807) is 6.92 Å². The summed E-state index contributed by atoms with van der Waals surface area (Å²) in [5.41, 5.74) is 0. The lowest BCUT2D eigenvalue weighted by atomic mass is 10.4. The molecule has 13 heavy (non-hydrogen) atoms. The van der Waals surface area contributed by atoms with Gasteiger partial charge in [-0.1, -0.05) is 0 Å². The van der Waals surface area contributed by atoms with E-state index in [9.17, 15) is 4.79 Å². The van der Waals surface area contributed by atoms with Crippen molar-refractivity contribution >= 4 is 17.5 Å². The molecule has 2 N–H and O–H groups in total. The first-order valence-electron chi connectivity index (χ1n) is 3.81. The van der Waals surface area contributed by atoms with Gasteiger partial charge in [0.15, 0.2) is 11.0 Å². The maximum atomic E-state index is 11.2. The van der Waals surface area contributed by atoms with Crippen molar-refractivity contribution in [2.75, 3.05) is 6.54 Å². The van der Waals surface area contributed by atoms with Crippen molar-refractivity contribution < 1.29 is 14.3 Å². The molecular weight excluding hydrogens is 194 g/mol. The molecule has 5 heteroatoms. The fraction of sp³-hybridized carbons (Fsp3) is 0.375. The van der Waals surface area contributed by atoms with Crippen LogP contribution in [-0.4, -0.2) is 23.7 Å². The molecule has 1 atom stereocenters. The summed E-state index contributed by atoms with van der Waals surface area (Å²) in [6.45, 7) is 1.77. The normalized spacial score (nSPS) is 12.5. The van der Waals surface area contributed by atoms with Crippen LogP contribution in [-0.2, 0) is 0 Å². The monoisotopic (exact) mass is 203 g/mol. The highest BCUT2D eigenvalue weighted by Gasteiger charge is 2.10. The van der Waals surface area contributed by atoms with Gasteiger partial charge in [-0.2, -0.15) is 0 Å². The van der Waals surface area contributed by atoms with Crippen LogP contribution in [0.25, 0.3) is 0 Å². The van der Waals surface area contributed by atoms with Crippen molar-refractivity contribution in [2.45, 2.75) is 13.0 Å². The van der Waals surface area contributed by atoms with Crippen LogP contribution in [0.1, 0.15) is 17.5 Å². The SMILES string of the molecule is C[C@@H](O)CNC(=O)c1ccc(Cl)o1. The van der Waals surface area contributed by atoms with Gasteiger partial charge in [-0.25, -0.2) is 0 Å². The van der Waals surface area contributed by atoms with Gasteiger partial charge in [0.2, 0.25) is 0 Å². The molecule has 1 rings (SSSR count). The minimum atomic E-state index is -0.575. The lowest BCUT2D eigenvalue weighted by Gasteiger charge is -2.04. The Hall–Kier alpha value is -1.00. The van der Waals surface area contributed by atoms with E-state index in [0.29, 0.717) is 0 Å². The molecular formula is C8H10ClNO3. The third kappa shape index (κ3) is 3.08. The number of carbonyl (C=O) groups is 1. The Bertz CT molecular complexity index is 295. The smallest absolute Gasteiger partial charge is 0.287 e. The first-order chi connectivity index (χ1) is 6.09. The summed E-state index contributed by atoms with van der Waals surface area (Å²) in [6, 6.07) is 2.96. The first-order valence-corrected chi connectivity index (χ1v) is 4.19. The molecule has 72 valence electrons. The molecule has 4 nitrogen and oxygen atoms in total. The molecule has 0 aliphatic heterocycles. The van der Waals surface area contributed by atoms with E-state index in [1.165, 1.54) is 12.1 Å². The van der Waals surface area contributed by atoms with Crippen molar-refractivity contribution in [3.8, 4) is 0 Å². The predicted octanol–water partition coefficient (Wildman–Crippen LogP) is 1.04. The molecule has 0 unspecified atom stereocenters.